The molecule has 0 aromatic heterocycles. The van der Waals surface area contributed by atoms with Crippen LogP contribution in [0.15, 0.2) is 0 Å². The minimum absolute atomic E-state index is 0.414. The predicted octanol–water partition coefficient (Wildman–Crippen LogP) is 2.40. The summed E-state index contributed by atoms with van der Waals surface area (Å²) in [5.41, 5.74) is 0.414. The quantitative estimate of drug-likeness (QED) is 0.537. The maximum absolute atomic E-state index is 11.7. The maximum Gasteiger partial charge on any atom is 0.136 e. The van der Waals surface area contributed by atoms with Crippen LogP contribution in [0.5, 0.6) is 0 Å². The highest BCUT2D eigenvalue weighted by molar-refractivity contribution is 5.83. The molecule has 0 aromatic carbocycles. The first kappa shape index (κ1) is 7.11. The van der Waals surface area contributed by atoms with Gasteiger partial charge in [-0.25, -0.2) is 0 Å². The van der Waals surface area contributed by atoms with Crippen molar-refractivity contribution in [2.24, 2.45) is 23.2 Å². The van der Waals surface area contributed by atoms with Crippen molar-refractivity contribution < 1.29 is 4.79 Å². The van der Waals surface area contributed by atoms with Crippen molar-refractivity contribution in [3.8, 4) is 0 Å². The van der Waals surface area contributed by atoms with Gasteiger partial charge in [0.1, 0.15) is 5.78 Å². The Morgan fingerprint density at radius 1 is 1.33 bits per heavy atom. The van der Waals surface area contributed by atoms with Gasteiger partial charge in [0.05, 0.1) is 0 Å². The molecule has 4 unspecified atom stereocenters. The summed E-state index contributed by atoms with van der Waals surface area (Å²) in [7, 11) is 0. The van der Waals surface area contributed by atoms with Crippen LogP contribution in [0, 0.1) is 23.2 Å². The van der Waals surface area contributed by atoms with Gasteiger partial charge in [-0.15, -0.1) is 0 Å². The average Bonchev–Trinajstić information content (AvgIpc) is 2.19. The van der Waals surface area contributed by atoms with Crippen LogP contribution in [-0.2, 0) is 4.79 Å². The summed E-state index contributed by atoms with van der Waals surface area (Å²) < 4.78 is 0. The van der Waals surface area contributed by atoms with Gasteiger partial charge in [0, 0.05) is 12.3 Å². The van der Waals surface area contributed by atoms with E-state index < -0.39 is 0 Å². The average molecular weight is 164 g/mol. The fraction of sp³-hybridized carbons (Fsp3) is 0.909. The monoisotopic (exact) mass is 164 g/mol. The number of hydrogen-bond acceptors (Lipinski definition) is 1. The molecule has 3 saturated carbocycles. The molecule has 3 aliphatic carbocycles. The molecular formula is C11H16O. The first-order valence-electron chi connectivity index (χ1n) is 5.19. The van der Waals surface area contributed by atoms with E-state index in [0.29, 0.717) is 17.1 Å². The van der Waals surface area contributed by atoms with E-state index in [0.717, 1.165) is 18.3 Å². The van der Waals surface area contributed by atoms with Gasteiger partial charge in [-0.3, -0.25) is 4.79 Å². The van der Waals surface area contributed by atoms with Crippen LogP contribution in [-0.4, -0.2) is 5.78 Å². The Kier molecular flexibility index (Phi) is 1.15. The summed E-state index contributed by atoms with van der Waals surface area (Å²) in [6.45, 7) is 2.33. The summed E-state index contributed by atoms with van der Waals surface area (Å²) in [5.74, 6) is 2.78. The minimum Gasteiger partial charge on any atom is -0.299 e. The van der Waals surface area contributed by atoms with Gasteiger partial charge in [0.25, 0.3) is 0 Å². The molecule has 3 rings (SSSR count). The minimum atomic E-state index is 0.414. The van der Waals surface area contributed by atoms with Gasteiger partial charge >= 0.3 is 0 Å². The summed E-state index contributed by atoms with van der Waals surface area (Å²) in [4.78, 5) is 11.7. The predicted molar refractivity (Wildman–Crippen MR) is 46.7 cm³/mol. The van der Waals surface area contributed by atoms with Crippen LogP contribution < -0.4 is 0 Å². The largest absolute Gasteiger partial charge is 0.299 e. The highest BCUT2D eigenvalue weighted by Crippen LogP contribution is 2.59. The first-order valence-corrected chi connectivity index (χ1v) is 5.19. The van der Waals surface area contributed by atoms with Crippen LogP contribution in [0.2, 0.25) is 0 Å². The molecule has 0 spiro atoms. The Labute approximate surface area is 73.5 Å². The molecule has 0 N–H and O–H groups in total. The molecular weight excluding hydrogens is 148 g/mol. The van der Waals surface area contributed by atoms with Crippen molar-refractivity contribution in [3.63, 3.8) is 0 Å². The highest BCUT2D eigenvalue weighted by Gasteiger charge is 2.53. The van der Waals surface area contributed by atoms with Gasteiger partial charge in [-0.1, -0.05) is 6.92 Å². The smallest absolute Gasteiger partial charge is 0.136 e. The summed E-state index contributed by atoms with van der Waals surface area (Å²) >= 11 is 0. The number of rotatable bonds is 0. The number of carbonyl (C=O) groups is 1. The van der Waals surface area contributed by atoms with E-state index in [-0.39, 0.29) is 0 Å². The molecule has 0 heterocycles. The fourth-order valence-electron chi connectivity index (χ4n) is 4.14. The highest BCUT2D eigenvalue weighted by atomic mass is 16.1. The fourth-order valence-corrected chi connectivity index (χ4v) is 4.14. The first-order chi connectivity index (χ1) is 5.66. The zero-order valence-corrected chi connectivity index (χ0v) is 7.68. The second kappa shape index (κ2) is 1.94. The van der Waals surface area contributed by atoms with Gasteiger partial charge in [0.15, 0.2) is 0 Å². The lowest BCUT2D eigenvalue weighted by atomic mass is 9.63. The van der Waals surface area contributed by atoms with Crippen LogP contribution in [0.1, 0.15) is 39.0 Å². The van der Waals surface area contributed by atoms with E-state index in [1.165, 1.54) is 25.7 Å². The Morgan fingerprint density at radius 2 is 2.17 bits per heavy atom. The van der Waals surface area contributed by atoms with Crippen molar-refractivity contribution in [1.29, 1.82) is 0 Å². The standard InChI is InChI=1S/C11H16O/c1-11-4-7-2-8(5-11)9(3-7)10(12)6-11/h7-9H,2-6H2,1H3. The van der Waals surface area contributed by atoms with Crippen molar-refractivity contribution in [3.05, 3.63) is 0 Å². The van der Waals surface area contributed by atoms with Crippen LogP contribution in [0.4, 0.5) is 0 Å². The number of Topliss-reactive ketones (excluding diaryl/α,β-unsaturated/α-hetero) is 1. The Morgan fingerprint density at radius 3 is 3.00 bits per heavy atom. The number of carbonyl (C=O) groups excluding carboxylic acids is 1. The lowest BCUT2D eigenvalue weighted by Gasteiger charge is -2.41. The third-order valence-electron chi connectivity index (χ3n) is 4.34. The van der Waals surface area contributed by atoms with E-state index in [1.54, 1.807) is 0 Å². The van der Waals surface area contributed by atoms with Gasteiger partial charge in [-0.05, 0) is 42.9 Å². The zero-order valence-electron chi connectivity index (χ0n) is 7.68. The second-order valence-electron chi connectivity index (χ2n) is 5.57. The molecule has 3 aliphatic rings. The van der Waals surface area contributed by atoms with Crippen molar-refractivity contribution >= 4 is 5.78 Å². The van der Waals surface area contributed by atoms with E-state index in [2.05, 4.69) is 6.92 Å². The van der Waals surface area contributed by atoms with E-state index in [9.17, 15) is 4.79 Å². The van der Waals surface area contributed by atoms with Crippen LogP contribution >= 0.6 is 0 Å². The molecule has 0 saturated heterocycles. The number of fused-ring (bicyclic) bond motifs is 2. The Bertz CT molecular complexity index is 241. The van der Waals surface area contributed by atoms with E-state index in [1.807, 2.05) is 0 Å². The third kappa shape index (κ3) is 0.773. The Balaban J connectivity index is 2.03. The Hall–Kier alpha value is -0.330. The van der Waals surface area contributed by atoms with E-state index >= 15 is 0 Å². The number of ketones is 1. The second-order valence-corrected chi connectivity index (χ2v) is 5.57. The molecule has 4 atom stereocenters. The SMILES string of the molecule is CC12CC(=O)C3CC(CC3C1)C2. The molecule has 3 fully saturated rings. The zero-order chi connectivity index (χ0) is 8.34. The molecule has 0 aromatic rings. The molecule has 1 nitrogen and oxygen atoms in total. The lowest BCUT2D eigenvalue weighted by Crippen LogP contribution is -2.37. The lowest BCUT2D eigenvalue weighted by molar-refractivity contribution is -0.129. The molecule has 0 amide bonds. The van der Waals surface area contributed by atoms with Gasteiger partial charge in [0.2, 0.25) is 0 Å². The van der Waals surface area contributed by atoms with Crippen molar-refractivity contribution in [2.45, 2.75) is 39.0 Å². The number of hydrogen-bond donors (Lipinski definition) is 0. The molecule has 0 aliphatic heterocycles. The maximum atomic E-state index is 11.7. The molecule has 3 bridgehead atoms. The van der Waals surface area contributed by atoms with Crippen LogP contribution in [0.25, 0.3) is 0 Å². The summed E-state index contributed by atoms with van der Waals surface area (Å²) in [6.07, 6.45) is 6.18. The summed E-state index contributed by atoms with van der Waals surface area (Å²) in [5, 5.41) is 0. The normalized spacial score (nSPS) is 56.4. The van der Waals surface area contributed by atoms with Crippen molar-refractivity contribution in [2.75, 3.05) is 0 Å². The van der Waals surface area contributed by atoms with Gasteiger partial charge < -0.3 is 0 Å². The van der Waals surface area contributed by atoms with Crippen molar-refractivity contribution in [1.82, 2.24) is 0 Å². The molecule has 0 radical (unpaired) electrons. The topological polar surface area (TPSA) is 17.1 Å². The summed E-state index contributed by atoms with van der Waals surface area (Å²) in [6, 6.07) is 0. The van der Waals surface area contributed by atoms with E-state index in [4.69, 9.17) is 0 Å². The molecule has 66 valence electrons. The van der Waals surface area contributed by atoms with Gasteiger partial charge in [-0.2, -0.15) is 0 Å². The third-order valence-corrected chi connectivity index (χ3v) is 4.34. The molecule has 1 heteroatoms. The van der Waals surface area contributed by atoms with Crippen LogP contribution in [0.3, 0.4) is 0 Å². The molecule has 12 heavy (non-hydrogen) atoms.